The zero-order valence-corrected chi connectivity index (χ0v) is 12.4. The molecule has 5 heteroatoms. The van der Waals surface area contributed by atoms with Crippen molar-refractivity contribution < 1.29 is 5.11 Å². The summed E-state index contributed by atoms with van der Waals surface area (Å²) < 4.78 is 2.00. The molecule has 0 aromatic carbocycles. The van der Waals surface area contributed by atoms with Gasteiger partial charge in [-0.1, -0.05) is 19.8 Å². The number of fused-ring (bicyclic) bond motifs is 1. The van der Waals surface area contributed by atoms with E-state index in [1.807, 2.05) is 16.0 Å². The molecule has 2 heterocycles. The maximum Gasteiger partial charge on any atom is 0.195 e. The zero-order chi connectivity index (χ0) is 13.4. The Labute approximate surface area is 117 Å². The molecule has 0 bridgehead atoms. The van der Waals surface area contributed by atoms with Gasteiger partial charge in [0, 0.05) is 24.7 Å². The van der Waals surface area contributed by atoms with Gasteiger partial charge in [-0.2, -0.15) is 0 Å². The minimum atomic E-state index is 0.0404. The number of imidazole rings is 1. The van der Waals surface area contributed by atoms with Crippen LogP contribution in [0.2, 0.25) is 0 Å². The molecule has 2 unspecified atom stereocenters. The summed E-state index contributed by atoms with van der Waals surface area (Å²) in [7, 11) is 2.12. The van der Waals surface area contributed by atoms with Crippen LogP contribution in [0.1, 0.15) is 38.3 Å². The molecule has 0 radical (unpaired) electrons. The maximum absolute atomic E-state index is 9.65. The second-order valence-electron chi connectivity index (χ2n) is 5.54. The Balaban J connectivity index is 1.95. The van der Waals surface area contributed by atoms with E-state index in [-0.39, 0.29) is 6.61 Å². The molecule has 2 atom stereocenters. The lowest BCUT2D eigenvalue weighted by Gasteiger charge is -2.36. The second-order valence-corrected chi connectivity index (χ2v) is 6.41. The van der Waals surface area contributed by atoms with Crippen LogP contribution in [0.25, 0.3) is 4.96 Å². The van der Waals surface area contributed by atoms with E-state index in [2.05, 4.69) is 18.9 Å². The summed E-state index contributed by atoms with van der Waals surface area (Å²) in [6.45, 7) is 2.37. The summed E-state index contributed by atoms with van der Waals surface area (Å²) in [5, 5.41) is 11.7. The molecular formula is C14H21N3OS. The molecule has 1 fully saturated rings. The number of nitrogens with zero attached hydrogens (tertiary/aromatic N) is 3. The molecule has 0 saturated heterocycles. The van der Waals surface area contributed by atoms with Crippen LogP contribution in [-0.4, -0.2) is 27.6 Å². The highest BCUT2D eigenvalue weighted by Gasteiger charge is 2.28. The van der Waals surface area contributed by atoms with Crippen LogP contribution in [0.4, 0.5) is 5.82 Å². The number of hydrogen-bond donors (Lipinski definition) is 1. The standard InChI is InChI=1S/C14H21N3OS/c1-10-5-3-4-6-11(10)16(2)13-12(9-18)17-7-8-19-14(17)15-13/h7-8,10-11,18H,3-6,9H2,1-2H3. The van der Waals surface area contributed by atoms with Crippen LogP contribution < -0.4 is 4.90 Å². The van der Waals surface area contributed by atoms with Crippen molar-refractivity contribution in [3.8, 4) is 0 Å². The van der Waals surface area contributed by atoms with Crippen molar-refractivity contribution in [2.45, 2.75) is 45.3 Å². The van der Waals surface area contributed by atoms with Crippen LogP contribution in [0, 0.1) is 5.92 Å². The molecule has 0 aliphatic heterocycles. The normalized spacial score (nSPS) is 23.9. The van der Waals surface area contributed by atoms with Crippen molar-refractivity contribution in [2.24, 2.45) is 5.92 Å². The predicted molar refractivity (Wildman–Crippen MR) is 78.8 cm³/mol. The molecule has 0 spiro atoms. The Morgan fingerprint density at radius 3 is 3.00 bits per heavy atom. The van der Waals surface area contributed by atoms with Gasteiger partial charge < -0.3 is 10.0 Å². The highest BCUT2D eigenvalue weighted by molar-refractivity contribution is 7.15. The Hall–Kier alpha value is -1.07. The monoisotopic (exact) mass is 279 g/mol. The summed E-state index contributed by atoms with van der Waals surface area (Å²) in [4.78, 5) is 7.95. The Kier molecular flexibility index (Phi) is 3.50. The fourth-order valence-corrected chi connectivity index (χ4v) is 4.01. The summed E-state index contributed by atoms with van der Waals surface area (Å²) in [6, 6.07) is 0.545. The molecule has 0 amide bonds. The Morgan fingerprint density at radius 1 is 1.47 bits per heavy atom. The first-order valence-electron chi connectivity index (χ1n) is 7.00. The van der Waals surface area contributed by atoms with Gasteiger partial charge in [0.15, 0.2) is 10.8 Å². The first-order valence-corrected chi connectivity index (χ1v) is 7.88. The van der Waals surface area contributed by atoms with Crippen LogP contribution >= 0.6 is 11.3 Å². The number of hydrogen-bond acceptors (Lipinski definition) is 4. The minimum absolute atomic E-state index is 0.0404. The molecule has 2 aromatic heterocycles. The number of aliphatic hydroxyl groups excluding tert-OH is 1. The van der Waals surface area contributed by atoms with Gasteiger partial charge in [-0.05, 0) is 18.8 Å². The van der Waals surface area contributed by atoms with E-state index in [0.717, 1.165) is 16.5 Å². The molecule has 104 valence electrons. The van der Waals surface area contributed by atoms with E-state index in [1.165, 1.54) is 25.7 Å². The van der Waals surface area contributed by atoms with Crippen LogP contribution in [-0.2, 0) is 6.61 Å². The average molecular weight is 279 g/mol. The molecule has 4 nitrogen and oxygen atoms in total. The number of aromatic nitrogens is 2. The third kappa shape index (κ3) is 2.15. The lowest BCUT2D eigenvalue weighted by Crippen LogP contribution is -2.39. The average Bonchev–Trinajstić information content (AvgIpc) is 2.98. The van der Waals surface area contributed by atoms with Gasteiger partial charge in [-0.3, -0.25) is 4.40 Å². The Bertz CT molecular complexity index is 562. The van der Waals surface area contributed by atoms with Crippen molar-refractivity contribution in [1.29, 1.82) is 0 Å². The van der Waals surface area contributed by atoms with Gasteiger partial charge in [-0.25, -0.2) is 4.98 Å². The largest absolute Gasteiger partial charge is 0.390 e. The van der Waals surface area contributed by atoms with E-state index in [0.29, 0.717) is 12.0 Å². The van der Waals surface area contributed by atoms with Crippen molar-refractivity contribution in [1.82, 2.24) is 9.38 Å². The summed E-state index contributed by atoms with van der Waals surface area (Å²) in [5.74, 6) is 1.65. The molecule has 19 heavy (non-hydrogen) atoms. The fraction of sp³-hybridized carbons (Fsp3) is 0.643. The molecule has 2 aromatic rings. The number of aliphatic hydroxyl groups is 1. The van der Waals surface area contributed by atoms with Crippen LogP contribution in [0.15, 0.2) is 11.6 Å². The van der Waals surface area contributed by atoms with E-state index in [4.69, 9.17) is 4.98 Å². The van der Waals surface area contributed by atoms with Gasteiger partial charge in [0.25, 0.3) is 0 Å². The third-order valence-electron chi connectivity index (χ3n) is 4.39. The van der Waals surface area contributed by atoms with Crippen LogP contribution in [0.3, 0.4) is 0 Å². The summed E-state index contributed by atoms with van der Waals surface area (Å²) in [5.41, 5.74) is 0.913. The summed E-state index contributed by atoms with van der Waals surface area (Å²) >= 11 is 1.62. The number of anilines is 1. The van der Waals surface area contributed by atoms with Gasteiger partial charge in [-0.15, -0.1) is 11.3 Å². The molecule has 3 rings (SSSR count). The van der Waals surface area contributed by atoms with Crippen molar-refractivity contribution >= 4 is 22.1 Å². The summed E-state index contributed by atoms with van der Waals surface area (Å²) in [6.07, 6.45) is 7.16. The molecule has 1 N–H and O–H groups in total. The predicted octanol–water partition coefficient (Wildman–Crippen LogP) is 2.90. The third-order valence-corrected chi connectivity index (χ3v) is 5.14. The molecule has 1 aliphatic rings. The van der Waals surface area contributed by atoms with Gasteiger partial charge in [0.05, 0.1) is 12.3 Å². The first-order chi connectivity index (χ1) is 9.22. The van der Waals surface area contributed by atoms with E-state index in [1.54, 1.807) is 11.3 Å². The highest BCUT2D eigenvalue weighted by Crippen LogP contribution is 2.32. The van der Waals surface area contributed by atoms with Crippen molar-refractivity contribution in [3.05, 3.63) is 17.3 Å². The first kappa shape index (κ1) is 12.9. The van der Waals surface area contributed by atoms with Crippen molar-refractivity contribution in [3.63, 3.8) is 0 Å². The van der Waals surface area contributed by atoms with Crippen molar-refractivity contribution in [2.75, 3.05) is 11.9 Å². The molecule has 1 aliphatic carbocycles. The SMILES string of the molecule is CC1CCCCC1N(C)c1nc2sccn2c1CO. The zero-order valence-electron chi connectivity index (χ0n) is 11.5. The van der Waals surface area contributed by atoms with Crippen LogP contribution in [0.5, 0.6) is 0 Å². The van der Waals surface area contributed by atoms with Gasteiger partial charge in [0.1, 0.15) is 0 Å². The lowest BCUT2D eigenvalue weighted by atomic mass is 9.85. The minimum Gasteiger partial charge on any atom is -0.390 e. The fourth-order valence-electron chi connectivity index (χ4n) is 3.28. The van der Waals surface area contributed by atoms with E-state index >= 15 is 0 Å². The highest BCUT2D eigenvalue weighted by atomic mass is 32.1. The second kappa shape index (κ2) is 5.13. The maximum atomic E-state index is 9.65. The van der Waals surface area contributed by atoms with Gasteiger partial charge in [0.2, 0.25) is 0 Å². The van der Waals surface area contributed by atoms with Gasteiger partial charge >= 0.3 is 0 Å². The quantitative estimate of drug-likeness (QED) is 0.939. The molecular weight excluding hydrogens is 258 g/mol. The molecule has 1 saturated carbocycles. The van der Waals surface area contributed by atoms with E-state index in [9.17, 15) is 5.11 Å². The number of thiazole rings is 1. The lowest BCUT2D eigenvalue weighted by molar-refractivity contribution is 0.274. The number of rotatable bonds is 3. The smallest absolute Gasteiger partial charge is 0.195 e. The van der Waals surface area contributed by atoms with E-state index < -0.39 is 0 Å². The Morgan fingerprint density at radius 2 is 2.26 bits per heavy atom. The topological polar surface area (TPSA) is 40.8 Å².